The molecule has 0 radical (unpaired) electrons. The molecule has 7 N–H and O–H groups in total. The molecule has 2 amide bonds. The van der Waals surface area contributed by atoms with E-state index < -0.39 is 17.8 Å². The van der Waals surface area contributed by atoms with E-state index in [1.807, 2.05) is 23.1 Å². The number of hydrogen-bond donors (Lipinski definition) is 5. The quantitative estimate of drug-likeness (QED) is 0.183. The lowest BCUT2D eigenvalue weighted by atomic mass is 9.92. The third-order valence-corrected chi connectivity index (χ3v) is 8.80. The second kappa shape index (κ2) is 13.2. The van der Waals surface area contributed by atoms with Gasteiger partial charge in [-0.25, -0.2) is 14.8 Å². The van der Waals surface area contributed by atoms with Crippen molar-refractivity contribution in [1.82, 2.24) is 24.6 Å². The number of anilines is 3. The Hall–Kier alpha value is -4.27. The molecule has 1 saturated carbocycles. The highest BCUT2D eigenvalue weighted by atomic mass is 19.4. The van der Waals surface area contributed by atoms with Crippen LogP contribution in [0, 0.1) is 0 Å². The van der Waals surface area contributed by atoms with Gasteiger partial charge in [-0.15, -0.1) is 0 Å². The van der Waals surface area contributed by atoms with E-state index in [4.69, 9.17) is 11.5 Å². The smallest absolute Gasteiger partial charge is 0.351 e. The number of likely N-dealkylation sites (tertiary alicyclic amines) is 1. The fourth-order valence-electron chi connectivity index (χ4n) is 6.19. The van der Waals surface area contributed by atoms with Crippen molar-refractivity contribution in [2.45, 2.75) is 69.4 Å². The highest BCUT2D eigenvalue weighted by molar-refractivity contribution is 5.99. The van der Waals surface area contributed by atoms with Crippen molar-refractivity contribution in [3.05, 3.63) is 59.8 Å². The standard InChI is InChI=1S/C32H39F3N10O/c1-44-28(19-3-9-27-21(14-19)17-38-30(41-27)39-24-7-4-22(36)5-8-24)16-29(43-44)42-31(46)40-25-6-2-20(26(15-25)32(33,34)35)18-45-12-10-23(37)11-13-45/h2-3,6,9,14-17,22-24H,4-5,7-8,10-13,18,36-37H2,1H3,(H,38,39,41)(H2,40,42,43,46). The van der Waals surface area contributed by atoms with E-state index in [0.717, 1.165) is 66.8 Å². The lowest BCUT2D eigenvalue weighted by Gasteiger charge is -2.30. The lowest BCUT2D eigenvalue weighted by Crippen LogP contribution is -2.39. The summed E-state index contributed by atoms with van der Waals surface area (Å²) in [4.78, 5) is 23.9. The first kappa shape index (κ1) is 31.7. The molecule has 1 aliphatic heterocycles. The maximum atomic E-state index is 14.0. The molecule has 0 bridgehead atoms. The Labute approximate surface area is 264 Å². The fourth-order valence-corrected chi connectivity index (χ4v) is 6.19. The zero-order valence-corrected chi connectivity index (χ0v) is 25.6. The highest BCUT2D eigenvalue weighted by Crippen LogP contribution is 2.35. The van der Waals surface area contributed by atoms with Gasteiger partial charge in [0, 0.05) is 60.6 Å². The number of aromatic nitrogens is 4. The molecule has 1 aliphatic carbocycles. The molecule has 3 heterocycles. The van der Waals surface area contributed by atoms with E-state index >= 15 is 0 Å². The van der Waals surface area contributed by atoms with Crippen LogP contribution >= 0.6 is 0 Å². The number of nitrogens with zero attached hydrogens (tertiary/aromatic N) is 5. The first-order chi connectivity index (χ1) is 22.0. The number of hydrogen-bond acceptors (Lipinski definition) is 8. The Kier molecular flexibility index (Phi) is 9.11. The number of halogens is 3. The summed E-state index contributed by atoms with van der Waals surface area (Å²) in [6, 6.07) is 11.3. The van der Waals surface area contributed by atoms with Gasteiger partial charge < -0.3 is 22.1 Å². The maximum absolute atomic E-state index is 14.0. The molecule has 2 aromatic heterocycles. The van der Waals surface area contributed by atoms with Crippen molar-refractivity contribution in [3.63, 3.8) is 0 Å². The first-order valence-electron chi connectivity index (χ1n) is 15.6. The number of amides is 2. The highest BCUT2D eigenvalue weighted by Gasteiger charge is 2.34. The van der Waals surface area contributed by atoms with Gasteiger partial charge in [0.15, 0.2) is 5.82 Å². The van der Waals surface area contributed by atoms with Gasteiger partial charge in [0.05, 0.1) is 16.8 Å². The summed E-state index contributed by atoms with van der Waals surface area (Å²) in [6.45, 7) is 1.46. The zero-order chi connectivity index (χ0) is 32.4. The summed E-state index contributed by atoms with van der Waals surface area (Å²) < 4.78 is 43.5. The van der Waals surface area contributed by atoms with Gasteiger partial charge in [0.1, 0.15) is 0 Å². The molecule has 46 heavy (non-hydrogen) atoms. The van der Waals surface area contributed by atoms with E-state index in [1.54, 1.807) is 24.0 Å². The number of benzene rings is 2. The van der Waals surface area contributed by atoms with Crippen LogP contribution in [-0.2, 0) is 19.8 Å². The second-order valence-electron chi connectivity index (χ2n) is 12.3. The minimum absolute atomic E-state index is 0.0286. The Balaban J connectivity index is 1.11. The van der Waals surface area contributed by atoms with E-state index in [1.165, 1.54) is 12.1 Å². The van der Waals surface area contributed by atoms with E-state index in [2.05, 4.69) is 31.0 Å². The summed E-state index contributed by atoms with van der Waals surface area (Å²) >= 11 is 0. The monoisotopic (exact) mass is 636 g/mol. The van der Waals surface area contributed by atoms with Gasteiger partial charge in [-0.1, -0.05) is 12.1 Å². The number of carbonyl (C=O) groups excluding carboxylic acids is 1. The topological polar surface area (TPSA) is 152 Å². The third kappa shape index (κ3) is 7.57. The van der Waals surface area contributed by atoms with Crippen LogP contribution < -0.4 is 27.4 Å². The predicted octanol–water partition coefficient (Wildman–Crippen LogP) is 5.30. The molecule has 2 aromatic carbocycles. The molecule has 1 saturated heterocycles. The molecule has 4 aromatic rings. The number of rotatable bonds is 7. The SMILES string of the molecule is Cn1nc(NC(=O)Nc2ccc(CN3CCC(N)CC3)c(C(F)(F)F)c2)cc1-c1ccc2nc(NC3CCC(N)CC3)ncc2c1. The number of alkyl halides is 3. The third-order valence-electron chi connectivity index (χ3n) is 8.80. The van der Waals surface area contributed by atoms with E-state index in [9.17, 15) is 18.0 Å². The van der Waals surface area contributed by atoms with Gasteiger partial charge in [-0.2, -0.15) is 18.3 Å². The van der Waals surface area contributed by atoms with Crippen LogP contribution in [0.1, 0.15) is 49.7 Å². The summed E-state index contributed by atoms with van der Waals surface area (Å²) in [5.41, 5.74) is 13.7. The van der Waals surface area contributed by atoms with Crippen LogP contribution in [0.15, 0.2) is 48.7 Å². The summed E-state index contributed by atoms with van der Waals surface area (Å²) in [5, 5.41) is 13.8. The number of nitrogens with two attached hydrogens (primary N) is 2. The minimum atomic E-state index is -4.57. The summed E-state index contributed by atoms with van der Waals surface area (Å²) in [5.74, 6) is 0.831. The number of fused-ring (bicyclic) bond motifs is 1. The summed E-state index contributed by atoms with van der Waals surface area (Å²) in [6.07, 6.45) is 2.66. The molecule has 6 rings (SSSR count). The number of urea groups is 1. The van der Waals surface area contributed by atoms with Gasteiger partial charge in [0.2, 0.25) is 5.95 Å². The molecule has 11 nitrogen and oxygen atoms in total. The minimum Gasteiger partial charge on any atom is -0.351 e. The Bertz CT molecular complexity index is 1690. The Morgan fingerprint density at radius 2 is 1.70 bits per heavy atom. The van der Waals surface area contributed by atoms with Crippen LogP contribution in [0.2, 0.25) is 0 Å². The molecule has 2 fully saturated rings. The van der Waals surface area contributed by atoms with Crippen LogP contribution in [0.3, 0.4) is 0 Å². The van der Waals surface area contributed by atoms with Crippen LogP contribution in [0.4, 0.5) is 35.4 Å². The Morgan fingerprint density at radius 3 is 2.43 bits per heavy atom. The van der Waals surface area contributed by atoms with Gasteiger partial charge in [0.25, 0.3) is 0 Å². The number of aryl methyl sites for hydroxylation is 1. The van der Waals surface area contributed by atoms with Crippen molar-refractivity contribution in [2.24, 2.45) is 18.5 Å². The Morgan fingerprint density at radius 1 is 0.957 bits per heavy atom. The predicted molar refractivity (Wildman–Crippen MR) is 172 cm³/mol. The van der Waals surface area contributed by atoms with Gasteiger partial charge in [-0.05, 0) is 81.4 Å². The number of piperidine rings is 1. The number of carbonyl (C=O) groups is 1. The number of nitrogens with one attached hydrogen (secondary N) is 3. The zero-order valence-electron chi connectivity index (χ0n) is 25.6. The molecule has 14 heteroatoms. The molecular weight excluding hydrogens is 597 g/mol. The van der Waals surface area contributed by atoms with Crippen molar-refractivity contribution in [3.8, 4) is 11.3 Å². The van der Waals surface area contributed by atoms with Crippen molar-refractivity contribution < 1.29 is 18.0 Å². The van der Waals surface area contributed by atoms with Crippen molar-refractivity contribution in [2.75, 3.05) is 29.0 Å². The molecule has 0 spiro atoms. The van der Waals surface area contributed by atoms with E-state index in [-0.39, 0.29) is 35.7 Å². The normalized spacial score (nSPS) is 19.7. The fraction of sp³-hybridized carbons (Fsp3) is 0.438. The van der Waals surface area contributed by atoms with Gasteiger partial charge >= 0.3 is 12.2 Å². The summed E-state index contributed by atoms with van der Waals surface area (Å²) in [7, 11) is 1.74. The average Bonchev–Trinajstić information content (AvgIpc) is 3.38. The average molecular weight is 637 g/mol. The molecule has 0 unspecified atom stereocenters. The maximum Gasteiger partial charge on any atom is 0.416 e. The van der Waals surface area contributed by atoms with Crippen LogP contribution in [0.25, 0.3) is 22.2 Å². The van der Waals surface area contributed by atoms with Crippen LogP contribution in [-0.4, -0.2) is 61.9 Å². The van der Waals surface area contributed by atoms with Gasteiger partial charge in [-0.3, -0.25) is 14.9 Å². The second-order valence-corrected chi connectivity index (χ2v) is 12.3. The largest absolute Gasteiger partial charge is 0.416 e. The van der Waals surface area contributed by atoms with Crippen molar-refractivity contribution >= 4 is 34.4 Å². The van der Waals surface area contributed by atoms with Crippen LogP contribution in [0.5, 0.6) is 0 Å². The molecule has 2 aliphatic rings. The molecule has 244 valence electrons. The van der Waals surface area contributed by atoms with E-state index in [0.29, 0.717) is 25.1 Å². The molecular formula is C32H39F3N10O. The molecule has 0 atom stereocenters. The lowest BCUT2D eigenvalue weighted by molar-refractivity contribution is -0.138. The van der Waals surface area contributed by atoms with Crippen molar-refractivity contribution in [1.29, 1.82) is 0 Å². The first-order valence-corrected chi connectivity index (χ1v) is 15.6.